The molecule has 8 bridgehead atoms. The highest BCUT2D eigenvalue weighted by Gasteiger charge is 2.29. The van der Waals surface area contributed by atoms with Crippen molar-refractivity contribution >= 4 is 110 Å². The Bertz CT molecular complexity index is 4270. The molecule has 0 unspecified atom stereocenters. The molecule has 0 saturated carbocycles. The standard InChI is InChI=1S/C70H50Br4N8O4/c1-37-31-39(3)59(40(4)32-37)61-51-23-27-55(79-51)63(65-67(83-47-15-7-43(71)8-16-47)75-35-76-68(65)84-48-17-9-44(72)10-18-48)57-29-25-53(81-57)62(60-41(5)33-38(2)34-42(60)6)54-26-30-58(82-54)64(56-28-24-52(61)80-56)66-69(85-49-19-11-45(73)12-20-49)77-36-78-70(66)86-50-21-13-46(74)14-22-50/h7-36,79,82H,1-6H3. The summed E-state index contributed by atoms with van der Waals surface area (Å²) >= 11 is 14.4. The first-order chi connectivity index (χ1) is 41.7. The zero-order valence-electron chi connectivity index (χ0n) is 47.1. The number of aromatic nitrogens is 8. The summed E-state index contributed by atoms with van der Waals surface area (Å²) in [6, 6.07) is 47.6. The van der Waals surface area contributed by atoms with E-state index in [-0.39, 0.29) is 23.5 Å². The first-order valence-corrected chi connectivity index (χ1v) is 30.6. The lowest BCUT2D eigenvalue weighted by Gasteiger charge is -2.16. The summed E-state index contributed by atoms with van der Waals surface area (Å²) in [7, 11) is 0. The molecular weight excluding hydrogens is 1340 g/mol. The zero-order chi connectivity index (χ0) is 59.3. The van der Waals surface area contributed by atoms with Crippen molar-refractivity contribution in [1.82, 2.24) is 39.9 Å². The molecule has 12 nitrogen and oxygen atoms in total. The third kappa shape index (κ3) is 11.3. The monoisotopic (exact) mass is 1380 g/mol. The molecule has 16 heteroatoms. The Morgan fingerprint density at radius 1 is 0.291 bits per heavy atom. The maximum Gasteiger partial charge on any atom is 0.234 e. The summed E-state index contributed by atoms with van der Waals surface area (Å²) in [6.07, 6.45) is 11.1. The second-order valence-corrected chi connectivity index (χ2v) is 24.7. The molecule has 0 aliphatic carbocycles. The summed E-state index contributed by atoms with van der Waals surface area (Å²) < 4.78 is 30.9. The minimum atomic E-state index is 0.250. The minimum absolute atomic E-state index is 0.250. The quantitative estimate of drug-likeness (QED) is 0.121. The SMILES string of the molecule is Cc1cc(C)c(-c2c3nc(c(-c4c(Oc5ccc(Br)cc5)ncnc4Oc4ccc(Br)cc4)c4ccc([nH]4)c(-c4c(C)cc(C)cc4C)c4nc(c(-c5c(Oc6ccc(Br)cc6)ncnc5Oc5ccc(Br)cc5)c5ccc2[nH]5)C=C4)C=C3)c(C)c1. The Kier molecular flexibility index (Phi) is 15.4. The average molecular weight is 1390 g/mol. The summed E-state index contributed by atoms with van der Waals surface area (Å²) in [5, 5.41) is 0. The molecule has 0 amide bonds. The summed E-state index contributed by atoms with van der Waals surface area (Å²) in [5.74, 6) is 3.22. The van der Waals surface area contributed by atoms with Crippen molar-refractivity contribution in [2.45, 2.75) is 41.5 Å². The van der Waals surface area contributed by atoms with Gasteiger partial charge >= 0.3 is 0 Å². The smallest absolute Gasteiger partial charge is 0.234 e. The number of halogens is 4. The van der Waals surface area contributed by atoms with E-state index in [0.29, 0.717) is 79.1 Å². The van der Waals surface area contributed by atoms with Crippen LogP contribution >= 0.6 is 63.7 Å². The second kappa shape index (κ2) is 23.6. The zero-order valence-corrected chi connectivity index (χ0v) is 53.5. The number of hydrogen-bond donors (Lipinski definition) is 2. The molecule has 0 saturated heterocycles. The third-order valence-electron chi connectivity index (χ3n) is 14.8. The topological polar surface area (TPSA) is 146 Å². The van der Waals surface area contributed by atoms with Gasteiger partial charge in [0.05, 0.1) is 22.8 Å². The predicted octanol–water partition coefficient (Wildman–Crippen LogP) is 21.0. The van der Waals surface area contributed by atoms with Gasteiger partial charge in [0.2, 0.25) is 23.5 Å². The molecule has 422 valence electrons. The summed E-state index contributed by atoms with van der Waals surface area (Å²) in [5.41, 5.74) is 18.0. The van der Waals surface area contributed by atoms with Gasteiger partial charge in [-0.15, -0.1) is 0 Å². The van der Waals surface area contributed by atoms with Crippen LogP contribution in [0.3, 0.4) is 0 Å². The number of ether oxygens (including phenoxy) is 4. The highest BCUT2D eigenvalue weighted by atomic mass is 79.9. The number of aromatic amines is 2. The van der Waals surface area contributed by atoms with Crippen molar-refractivity contribution in [2.24, 2.45) is 0 Å². The minimum Gasteiger partial charge on any atom is -0.438 e. The van der Waals surface area contributed by atoms with Crippen molar-refractivity contribution in [2.75, 3.05) is 0 Å². The Balaban J connectivity index is 1.19. The van der Waals surface area contributed by atoms with Crippen LogP contribution in [-0.2, 0) is 0 Å². The van der Waals surface area contributed by atoms with Gasteiger partial charge < -0.3 is 28.9 Å². The van der Waals surface area contributed by atoms with Crippen molar-refractivity contribution in [1.29, 1.82) is 0 Å². The van der Waals surface area contributed by atoms with E-state index in [4.69, 9.17) is 48.9 Å². The van der Waals surface area contributed by atoms with E-state index >= 15 is 0 Å². The van der Waals surface area contributed by atoms with Gasteiger partial charge in [0.15, 0.2) is 0 Å². The molecule has 0 radical (unpaired) electrons. The summed E-state index contributed by atoms with van der Waals surface area (Å²) in [4.78, 5) is 38.7. The van der Waals surface area contributed by atoms with Crippen molar-refractivity contribution < 1.29 is 18.9 Å². The van der Waals surface area contributed by atoms with E-state index < -0.39 is 0 Å². The Morgan fingerprint density at radius 2 is 0.523 bits per heavy atom. The predicted molar refractivity (Wildman–Crippen MR) is 357 cm³/mol. The van der Waals surface area contributed by atoms with Gasteiger partial charge in [-0.25, -0.2) is 29.9 Å². The van der Waals surface area contributed by atoms with Crippen LogP contribution < -0.4 is 18.9 Å². The maximum atomic E-state index is 6.81. The Hall–Kier alpha value is -8.80. The van der Waals surface area contributed by atoms with Gasteiger partial charge in [-0.2, -0.15) is 0 Å². The lowest BCUT2D eigenvalue weighted by Crippen LogP contribution is -2.00. The van der Waals surface area contributed by atoms with Crippen molar-refractivity contribution in [3.63, 3.8) is 0 Å². The number of aryl methyl sites for hydroxylation is 6. The molecule has 0 fully saturated rings. The molecule has 2 aliphatic rings. The first-order valence-electron chi connectivity index (χ1n) is 27.4. The van der Waals surface area contributed by atoms with Crippen LogP contribution in [0.1, 0.15) is 56.2 Å². The molecule has 6 aromatic carbocycles. The van der Waals surface area contributed by atoms with E-state index in [9.17, 15) is 0 Å². The van der Waals surface area contributed by atoms with E-state index in [1.165, 1.54) is 12.7 Å². The molecule has 7 heterocycles. The molecule has 13 rings (SSSR count). The fourth-order valence-corrected chi connectivity index (χ4v) is 12.4. The normalized spacial score (nSPS) is 11.7. The Morgan fingerprint density at radius 3 is 0.767 bits per heavy atom. The van der Waals surface area contributed by atoms with Crippen LogP contribution in [0.25, 0.3) is 90.9 Å². The van der Waals surface area contributed by atoms with Gasteiger partial charge in [-0.05, 0) is 221 Å². The number of nitrogens with zero attached hydrogens (tertiary/aromatic N) is 6. The van der Waals surface area contributed by atoms with Gasteiger partial charge in [0.1, 0.15) is 46.8 Å². The van der Waals surface area contributed by atoms with E-state index in [2.05, 4.69) is 176 Å². The Labute approximate surface area is 529 Å². The van der Waals surface area contributed by atoms with E-state index in [0.717, 1.165) is 84.6 Å². The van der Waals surface area contributed by atoms with Crippen LogP contribution in [-0.4, -0.2) is 39.9 Å². The van der Waals surface area contributed by atoms with Gasteiger partial charge in [0.25, 0.3) is 0 Å². The number of rotatable bonds is 12. The molecular formula is C70H50Br4N8O4. The average Bonchev–Trinajstić information content (AvgIpc) is 1.88. The van der Waals surface area contributed by atoms with E-state index in [1.807, 2.05) is 109 Å². The number of hydrogen-bond acceptors (Lipinski definition) is 10. The summed E-state index contributed by atoms with van der Waals surface area (Å²) in [6.45, 7) is 12.8. The maximum absolute atomic E-state index is 6.81. The molecule has 5 aromatic heterocycles. The van der Waals surface area contributed by atoms with Crippen LogP contribution in [0, 0.1) is 41.5 Å². The van der Waals surface area contributed by atoms with Crippen LogP contribution in [0.4, 0.5) is 0 Å². The fourth-order valence-electron chi connectivity index (χ4n) is 11.3. The highest BCUT2D eigenvalue weighted by Crippen LogP contribution is 2.48. The molecule has 11 aromatic rings. The molecule has 86 heavy (non-hydrogen) atoms. The van der Waals surface area contributed by atoms with Gasteiger partial charge in [-0.1, -0.05) is 99.1 Å². The number of nitrogens with one attached hydrogen (secondary N) is 2. The fraction of sp³-hybridized carbons (Fsp3) is 0.0857. The van der Waals surface area contributed by atoms with E-state index in [1.54, 1.807) is 0 Å². The van der Waals surface area contributed by atoms with Crippen molar-refractivity contribution in [3.05, 3.63) is 232 Å². The lowest BCUT2D eigenvalue weighted by atomic mass is 9.92. The second-order valence-electron chi connectivity index (χ2n) is 21.0. The molecule has 0 atom stereocenters. The molecule has 2 aliphatic heterocycles. The number of benzene rings is 6. The largest absolute Gasteiger partial charge is 0.438 e. The number of fused-ring (bicyclic) bond motifs is 8. The van der Waals surface area contributed by atoms with Gasteiger partial charge in [-0.3, -0.25) is 0 Å². The van der Waals surface area contributed by atoms with Crippen LogP contribution in [0.15, 0.2) is 176 Å². The number of H-pyrrole nitrogens is 2. The lowest BCUT2D eigenvalue weighted by molar-refractivity contribution is 0.436. The third-order valence-corrected chi connectivity index (χ3v) is 16.9. The van der Waals surface area contributed by atoms with Gasteiger partial charge in [0, 0.05) is 62.2 Å². The molecule has 2 N–H and O–H groups in total. The first kappa shape index (κ1) is 56.3. The van der Waals surface area contributed by atoms with Crippen LogP contribution in [0.2, 0.25) is 0 Å². The highest BCUT2D eigenvalue weighted by molar-refractivity contribution is 9.11. The molecule has 0 spiro atoms. The van der Waals surface area contributed by atoms with Crippen LogP contribution in [0.5, 0.6) is 46.5 Å². The van der Waals surface area contributed by atoms with Crippen molar-refractivity contribution in [3.8, 4) is 91.0 Å².